The lowest BCUT2D eigenvalue weighted by Gasteiger charge is -2.11. The van der Waals surface area contributed by atoms with Crippen LogP contribution in [0.1, 0.15) is 45.7 Å². The zero-order valence-corrected chi connectivity index (χ0v) is 10.4. The molecule has 0 aliphatic heterocycles. The second-order valence-corrected chi connectivity index (χ2v) is 4.41. The van der Waals surface area contributed by atoms with E-state index in [0.29, 0.717) is 6.04 Å². The predicted molar refractivity (Wildman–Crippen MR) is 65.2 cm³/mol. The molecule has 0 fully saturated rings. The smallest absolute Gasteiger partial charge is 0.203 e. The summed E-state index contributed by atoms with van der Waals surface area (Å²) in [5.41, 5.74) is 1.09. The summed E-state index contributed by atoms with van der Waals surface area (Å²) in [5.74, 6) is 1.01. The van der Waals surface area contributed by atoms with Crippen molar-refractivity contribution in [2.24, 2.45) is 0 Å². The molecule has 1 heterocycles. The zero-order chi connectivity index (χ0) is 11.3. The first-order valence-corrected chi connectivity index (χ1v) is 5.93. The Kier molecular flexibility index (Phi) is 4.66. The molecule has 15 heavy (non-hydrogen) atoms. The Hall–Kier alpha value is -0.990. The van der Waals surface area contributed by atoms with Gasteiger partial charge in [0.05, 0.1) is 5.69 Å². The van der Waals surface area contributed by atoms with Crippen molar-refractivity contribution in [3.05, 3.63) is 11.9 Å². The number of rotatable bonds is 6. The van der Waals surface area contributed by atoms with Gasteiger partial charge >= 0.3 is 0 Å². The summed E-state index contributed by atoms with van der Waals surface area (Å²) in [6.07, 6.45) is 5.92. The fourth-order valence-electron chi connectivity index (χ4n) is 1.62. The molecule has 3 heteroatoms. The first-order valence-electron chi connectivity index (χ1n) is 5.93. The molecule has 1 aromatic heterocycles. The van der Waals surface area contributed by atoms with E-state index >= 15 is 0 Å². The molecule has 0 unspecified atom stereocenters. The van der Waals surface area contributed by atoms with E-state index in [1.54, 1.807) is 0 Å². The van der Waals surface area contributed by atoms with Crippen molar-refractivity contribution < 1.29 is 0 Å². The largest absolute Gasteiger partial charge is 0.353 e. The fourth-order valence-corrected chi connectivity index (χ4v) is 1.62. The van der Waals surface area contributed by atoms with E-state index in [2.05, 4.69) is 41.8 Å². The lowest BCUT2D eigenvalue weighted by Crippen LogP contribution is -2.14. The summed E-state index contributed by atoms with van der Waals surface area (Å²) in [5, 5.41) is 3.37. The molecular weight excluding hydrogens is 186 g/mol. The Bertz CT molecular complexity index is 289. The number of hydrogen-bond acceptors (Lipinski definition) is 2. The molecule has 1 N–H and O–H groups in total. The summed E-state index contributed by atoms with van der Waals surface area (Å²) < 4.78 is 2.23. The van der Waals surface area contributed by atoms with Gasteiger partial charge in [-0.3, -0.25) is 0 Å². The van der Waals surface area contributed by atoms with Gasteiger partial charge < -0.3 is 9.88 Å². The minimum atomic E-state index is 0.441. The second kappa shape index (κ2) is 5.79. The van der Waals surface area contributed by atoms with Crippen molar-refractivity contribution in [3.8, 4) is 0 Å². The molecule has 0 spiro atoms. The van der Waals surface area contributed by atoms with Crippen LogP contribution in [0.15, 0.2) is 6.20 Å². The molecule has 0 aliphatic rings. The normalized spacial score (nSPS) is 11.0. The number of aryl methyl sites for hydroxylation is 2. The zero-order valence-electron chi connectivity index (χ0n) is 10.4. The quantitative estimate of drug-likeness (QED) is 0.729. The fraction of sp³-hybridized carbons (Fsp3) is 0.750. The van der Waals surface area contributed by atoms with Crippen molar-refractivity contribution in [1.82, 2.24) is 9.55 Å². The average Bonchev–Trinajstić information content (AvgIpc) is 2.46. The van der Waals surface area contributed by atoms with Gasteiger partial charge in [-0.05, 0) is 27.2 Å². The molecule has 86 valence electrons. The van der Waals surface area contributed by atoms with Crippen molar-refractivity contribution in [2.75, 3.05) is 5.32 Å². The first kappa shape index (κ1) is 12.1. The van der Waals surface area contributed by atoms with Gasteiger partial charge in [-0.15, -0.1) is 0 Å². The van der Waals surface area contributed by atoms with E-state index in [4.69, 9.17) is 0 Å². The standard InChI is InChI=1S/C12H23N3/c1-5-6-7-8-15-9-11(4)14-12(15)13-10(2)3/h9-10H,5-8H2,1-4H3,(H,13,14). The van der Waals surface area contributed by atoms with E-state index in [9.17, 15) is 0 Å². The number of unbranched alkanes of at least 4 members (excludes halogenated alkanes) is 2. The van der Waals surface area contributed by atoms with Crippen LogP contribution in [-0.2, 0) is 6.54 Å². The van der Waals surface area contributed by atoms with E-state index in [-0.39, 0.29) is 0 Å². The monoisotopic (exact) mass is 209 g/mol. The van der Waals surface area contributed by atoms with Crippen LogP contribution < -0.4 is 5.32 Å². The Morgan fingerprint density at radius 1 is 1.40 bits per heavy atom. The maximum Gasteiger partial charge on any atom is 0.203 e. The third-order valence-electron chi connectivity index (χ3n) is 2.32. The molecule has 0 aromatic carbocycles. The van der Waals surface area contributed by atoms with Crippen molar-refractivity contribution in [2.45, 2.75) is 59.5 Å². The minimum Gasteiger partial charge on any atom is -0.353 e. The average molecular weight is 209 g/mol. The third-order valence-corrected chi connectivity index (χ3v) is 2.32. The van der Waals surface area contributed by atoms with Crippen LogP contribution in [0.2, 0.25) is 0 Å². The summed E-state index contributed by atoms with van der Waals surface area (Å²) in [6, 6.07) is 0.441. The summed E-state index contributed by atoms with van der Waals surface area (Å²) in [7, 11) is 0. The van der Waals surface area contributed by atoms with Crippen LogP contribution >= 0.6 is 0 Å². The molecule has 0 saturated heterocycles. The van der Waals surface area contributed by atoms with Gasteiger partial charge in [-0.2, -0.15) is 0 Å². The molecule has 0 aliphatic carbocycles. The highest BCUT2D eigenvalue weighted by Crippen LogP contribution is 2.11. The summed E-state index contributed by atoms with van der Waals surface area (Å²) >= 11 is 0. The highest BCUT2D eigenvalue weighted by molar-refractivity contribution is 5.29. The molecule has 0 saturated carbocycles. The molecule has 0 atom stereocenters. The molecule has 1 aromatic rings. The molecular formula is C12H23N3. The van der Waals surface area contributed by atoms with E-state index in [1.807, 2.05) is 6.92 Å². The number of imidazole rings is 1. The molecule has 0 bridgehead atoms. The van der Waals surface area contributed by atoms with Gasteiger partial charge in [0.2, 0.25) is 5.95 Å². The van der Waals surface area contributed by atoms with Crippen molar-refractivity contribution in [3.63, 3.8) is 0 Å². The highest BCUT2D eigenvalue weighted by atomic mass is 15.2. The maximum absolute atomic E-state index is 4.48. The predicted octanol–water partition coefficient (Wildman–Crippen LogP) is 3.20. The highest BCUT2D eigenvalue weighted by Gasteiger charge is 2.05. The van der Waals surface area contributed by atoms with Gasteiger partial charge in [0.15, 0.2) is 0 Å². The Labute approximate surface area is 92.9 Å². The van der Waals surface area contributed by atoms with Crippen LogP contribution in [-0.4, -0.2) is 15.6 Å². The Morgan fingerprint density at radius 3 is 2.73 bits per heavy atom. The Balaban J connectivity index is 2.59. The van der Waals surface area contributed by atoms with E-state index in [1.165, 1.54) is 19.3 Å². The van der Waals surface area contributed by atoms with Crippen molar-refractivity contribution >= 4 is 5.95 Å². The van der Waals surface area contributed by atoms with Crippen LogP contribution in [0.3, 0.4) is 0 Å². The van der Waals surface area contributed by atoms with Crippen LogP contribution in [0.4, 0.5) is 5.95 Å². The third kappa shape index (κ3) is 3.94. The van der Waals surface area contributed by atoms with E-state index < -0.39 is 0 Å². The molecule has 0 amide bonds. The molecule has 3 nitrogen and oxygen atoms in total. The van der Waals surface area contributed by atoms with Crippen LogP contribution in [0.5, 0.6) is 0 Å². The van der Waals surface area contributed by atoms with Crippen LogP contribution in [0.25, 0.3) is 0 Å². The lowest BCUT2D eigenvalue weighted by molar-refractivity contribution is 0.602. The number of hydrogen-bond donors (Lipinski definition) is 1. The number of anilines is 1. The van der Waals surface area contributed by atoms with Gasteiger partial charge in [-0.1, -0.05) is 19.8 Å². The topological polar surface area (TPSA) is 29.9 Å². The maximum atomic E-state index is 4.48. The van der Waals surface area contributed by atoms with Gasteiger partial charge in [0.25, 0.3) is 0 Å². The van der Waals surface area contributed by atoms with E-state index in [0.717, 1.165) is 18.2 Å². The first-order chi connectivity index (χ1) is 7.13. The lowest BCUT2D eigenvalue weighted by atomic mass is 10.2. The number of nitrogens with one attached hydrogen (secondary N) is 1. The molecule has 0 radical (unpaired) electrons. The second-order valence-electron chi connectivity index (χ2n) is 4.41. The van der Waals surface area contributed by atoms with Gasteiger partial charge in [0.1, 0.15) is 0 Å². The van der Waals surface area contributed by atoms with Crippen LogP contribution in [0, 0.1) is 6.92 Å². The number of nitrogens with zero attached hydrogens (tertiary/aromatic N) is 2. The molecule has 1 rings (SSSR count). The van der Waals surface area contributed by atoms with Gasteiger partial charge in [0, 0.05) is 18.8 Å². The van der Waals surface area contributed by atoms with Crippen molar-refractivity contribution in [1.29, 1.82) is 0 Å². The SMILES string of the molecule is CCCCCn1cc(C)nc1NC(C)C. The number of aromatic nitrogens is 2. The minimum absolute atomic E-state index is 0.441. The Morgan fingerprint density at radius 2 is 2.13 bits per heavy atom. The summed E-state index contributed by atoms with van der Waals surface area (Å²) in [4.78, 5) is 4.48. The summed E-state index contributed by atoms with van der Waals surface area (Å²) in [6.45, 7) is 9.62. The van der Waals surface area contributed by atoms with Gasteiger partial charge in [-0.25, -0.2) is 4.98 Å².